The molecule has 0 aliphatic carbocycles. The molecule has 1 heterocycles. The van der Waals surface area contributed by atoms with Crippen molar-refractivity contribution in [2.75, 3.05) is 14.2 Å². The zero-order valence-corrected chi connectivity index (χ0v) is 13.0. The number of aromatic nitrogens is 1. The summed E-state index contributed by atoms with van der Waals surface area (Å²) in [6.07, 6.45) is 1.81. The van der Waals surface area contributed by atoms with Gasteiger partial charge in [0.05, 0.1) is 19.9 Å². The predicted octanol–water partition coefficient (Wildman–Crippen LogP) is 3.51. The fraction of sp³-hybridized carbons (Fsp3) is 0.353. The van der Waals surface area contributed by atoms with Gasteiger partial charge in [-0.15, -0.1) is 0 Å². The molecule has 1 aromatic carbocycles. The molecule has 0 amide bonds. The zero-order chi connectivity index (χ0) is 15.2. The number of pyridine rings is 1. The van der Waals surface area contributed by atoms with Crippen LogP contribution >= 0.6 is 0 Å². The van der Waals surface area contributed by atoms with E-state index < -0.39 is 0 Å². The SMILES string of the molecule is COc1ccc(C(C)N[C@H](C)c2ccccn2)c(OC)c1. The number of nitrogens with one attached hydrogen (secondary N) is 1. The Balaban J connectivity index is 2.14. The number of hydrogen-bond acceptors (Lipinski definition) is 4. The monoisotopic (exact) mass is 286 g/mol. The standard InChI is InChI=1S/C17H22N2O2/c1-12(19-13(2)16-7-5-6-10-18-16)15-9-8-14(20-3)11-17(15)21-4/h5-13,19H,1-4H3/t12?,13-/m1/s1. The highest BCUT2D eigenvalue weighted by Crippen LogP contribution is 2.30. The van der Waals surface area contributed by atoms with Gasteiger partial charge in [-0.3, -0.25) is 4.98 Å². The molecule has 0 aliphatic rings. The van der Waals surface area contributed by atoms with Gasteiger partial charge in [0.15, 0.2) is 0 Å². The first-order valence-corrected chi connectivity index (χ1v) is 7.04. The Morgan fingerprint density at radius 3 is 2.43 bits per heavy atom. The van der Waals surface area contributed by atoms with Crippen molar-refractivity contribution < 1.29 is 9.47 Å². The van der Waals surface area contributed by atoms with E-state index >= 15 is 0 Å². The molecule has 4 nitrogen and oxygen atoms in total. The molecule has 1 aromatic heterocycles. The number of nitrogens with zero attached hydrogens (tertiary/aromatic N) is 1. The first kappa shape index (κ1) is 15.3. The Morgan fingerprint density at radius 1 is 1.00 bits per heavy atom. The van der Waals surface area contributed by atoms with Crippen LogP contribution < -0.4 is 14.8 Å². The zero-order valence-electron chi connectivity index (χ0n) is 13.0. The van der Waals surface area contributed by atoms with Crippen LogP contribution in [0.2, 0.25) is 0 Å². The van der Waals surface area contributed by atoms with E-state index in [-0.39, 0.29) is 12.1 Å². The number of ether oxygens (including phenoxy) is 2. The average Bonchev–Trinajstić information content (AvgIpc) is 2.54. The summed E-state index contributed by atoms with van der Waals surface area (Å²) >= 11 is 0. The van der Waals surface area contributed by atoms with Crippen molar-refractivity contribution in [1.82, 2.24) is 10.3 Å². The summed E-state index contributed by atoms with van der Waals surface area (Å²) in [7, 11) is 3.33. The molecule has 0 spiro atoms. The highest BCUT2D eigenvalue weighted by Gasteiger charge is 2.16. The molecule has 112 valence electrons. The van der Waals surface area contributed by atoms with Crippen LogP contribution in [-0.4, -0.2) is 19.2 Å². The largest absolute Gasteiger partial charge is 0.497 e. The third-order valence-corrected chi connectivity index (χ3v) is 3.54. The van der Waals surface area contributed by atoms with E-state index in [2.05, 4.69) is 24.1 Å². The van der Waals surface area contributed by atoms with Gasteiger partial charge in [0.2, 0.25) is 0 Å². The second-order valence-corrected chi connectivity index (χ2v) is 4.97. The minimum absolute atomic E-state index is 0.142. The second kappa shape index (κ2) is 7.09. The lowest BCUT2D eigenvalue weighted by molar-refractivity contribution is 0.382. The summed E-state index contributed by atoms with van der Waals surface area (Å²) in [6, 6.07) is 12.1. The number of rotatable bonds is 6. The maximum absolute atomic E-state index is 5.46. The Morgan fingerprint density at radius 2 is 1.81 bits per heavy atom. The Bertz CT molecular complexity index is 572. The molecule has 0 aliphatic heterocycles. The van der Waals surface area contributed by atoms with Gasteiger partial charge in [0, 0.05) is 29.9 Å². The van der Waals surface area contributed by atoms with Crippen LogP contribution in [0, 0.1) is 0 Å². The van der Waals surface area contributed by atoms with Gasteiger partial charge >= 0.3 is 0 Å². The first-order chi connectivity index (χ1) is 10.2. The van der Waals surface area contributed by atoms with E-state index in [0.717, 1.165) is 22.8 Å². The van der Waals surface area contributed by atoms with Gasteiger partial charge in [-0.05, 0) is 32.0 Å². The molecule has 1 N–H and O–H groups in total. The van der Waals surface area contributed by atoms with Gasteiger partial charge in [-0.1, -0.05) is 12.1 Å². The number of hydrogen-bond donors (Lipinski definition) is 1. The van der Waals surface area contributed by atoms with Gasteiger partial charge in [0.25, 0.3) is 0 Å². The third-order valence-electron chi connectivity index (χ3n) is 3.54. The summed E-state index contributed by atoms with van der Waals surface area (Å²) in [5.41, 5.74) is 2.12. The van der Waals surface area contributed by atoms with E-state index in [1.807, 2.05) is 42.6 Å². The maximum atomic E-state index is 5.46. The molecule has 2 rings (SSSR count). The Hall–Kier alpha value is -2.07. The summed E-state index contributed by atoms with van der Waals surface area (Å²) in [6.45, 7) is 4.22. The van der Waals surface area contributed by atoms with Gasteiger partial charge in [-0.25, -0.2) is 0 Å². The summed E-state index contributed by atoms with van der Waals surface area (Å²) < 4.78 is 10.7. The van der Waals surface area contributed by atoms with Gasteiger partial charge < -0.3 is 14.8 Å². The minimum Gasteiger partial charge on any atom is -0.497 e. The van der Waals surface area contributed by atoms with Crippen molar-refractivity contribution in [3.8, 4) is 11.5 Å². The van der Waals surface area contributed by atoms with Crippen LogP contribution in [0.4, 0.5) is 0 Å². The average molecular weight is 286 g/mol. The number of methoxy groups -OCH3 is 2. The van der Waals surface area contributed by atoms with E-state index in [1.54, 1.807) is 14.2 Å². The van der Waals surface area contributed by atoms with Crippen molar-refractivity contribution in [3.05, 3.63) is 53.9 Å². The summed E-state index contributed by atoms with van der Waals surface area (Å²) in [5.74, 6) is 1.61. The molecule has 0 radical (unpaired) electrons. The van der Waals surface area contributed by atoms with Crippen molar-refractivity contribution in [3.63, 3.8) is 0 Å². The third kappa shape index (κ3) is 3.73. The predicted molar refractivity (Wildman–Crippen MR) is 83.7 cm³/mol. The van der Waals surface area contributed by atoms with E-state index in [4.69, 9.17) is 9.47 Å². The molecule has 0 saturated heterocycles. The van der Waals surface area contributed by atoms with Gasteiger partial charge in [0.1, 0.15) is 11.5 Å². The van der Waals surface area contributed by atoms with Crippen LogP contribution in [-0.2, 0) is 0 Å². The molecular weight excluding hydrogens is 264 g/mol. The van der Waals surface area contributed by atoms with E-state index in [1.165, 1.54) is 0 Å². The number of benzene rings is 1. The quantitative estimate of drug-likeness (QED) is 0.882. The summed E-state index contributed by atoms with van der Waals surface area (Å²) in [4.78, 5) is 4.38. The normalized spacial score (nSPS) is 13.5. The molecule has 0 saturated carbocycles. The molecule has 21 heavy (non-hydrogen) atoms. The molecule has 0 bridgehead atoms. The van der Waals surface area contributed by atoms with Crippen LogP contribution in [0.1, 0.15) is 37.2 Å². The fourth-order valence-electron chi connectivity index (χ4n) is 2.36. The van der Waals surface area contributed by atoms with Crippen molar-refractivity contribution >= 4 is 0 Å². The maximum Gasteiger partial charge on any atom is 0.127 e. The topological polar surface area (TPSA) is 43.4 Å². The first-order valence-electron chi connectivity index (χ1n) is 7.04. The van der Waals surface area contributed by atoms with Crippen molar-refractivity contribution in [2.45, 2.75) is 25.9 Å². The van der Waals surface area contributed by atoms with Crippen molar-refractivity contribution in [2.24, 2.45) is 0 Å². The molecule has 2 aromatic rings. The molecular formula is C17H22N2O2. The lowest BCUT2D eigenvalue weighted by Gasteiger charge is -2.22. The van der Waals surface area contributed by atoms with E-state index in [0.29, 0.717) is 0 Å². The van der Waals surface area contributed by atoms with Crippen LogP contribution in [0.3, 0.4) is 0 Å². The fourth-order valence-corrected chi connectivity index (χ4v) is 2.36. The molecule has 1 unspecified atom stereocenters. The van der Waals surface area contributed by atoms with E-state index in [9.17, 15) is 0 Å². The van der Waals surface area contributed by atoms with Crippen LogP contribution in [0.5, 0.6) is 11.5 Å². The molecule has 0 fully saturated rings. The second-order valence-electron chi connectivity index (χ2n) is 4.97. The van der Waals surface area contributed by atoms with Gasteiger partial charge in [-0.2, -0.15) is 0 Å². The molecule has 2 atom stereocenters. The summed E-state index contributed by atoms with van der Waals surface area (Å²) in [5, 5.41) is 3.54. The van der Waals surface area contributed by atoms with Crippen LogP contribution in [0.15, 0.2) is 42.6 Å². The Kier molecular flexibility index (Phi) is 5.17. The lowest BCUT2D eigenvalue weighted by atomic mass is 10.1. The minimum atomic E-state index is 0.142. The smallest absolute Gasteiger partial charge is 0.127 e. The van der Waals surface area contributed by atoms with Crippen molar-refractivity contribution in [1.29, 1.82) is 0 Å². The highest BCUT2D eigenvalue weighted by atomic mass is 16.5. The highest BCUT2D eigenvalue weighted by molar-refractivity contribution is 5.42. The molecule has 4 heteroatoms. The van der Waals surface area contributed by atoms with Crippen LogP contribution in [0.25, 0.3) is 0 Å². The Labute approximate surface area is 126 Å². The lowest BCUT2D eigenvalue weighted by Crippen LogP contribution is -2.23.